The molecule has 0 aromatic carbocycles. The van der Waals surface area contributed by atoms with E-state index in [4.69, 9.17) is 4.74 Å². The van der Waals surface area contributed by atoms with Crippen molar-refractivity contribution >= 4 is 17.7 Å². The molecule has 0 bridgehead atoms. The summed E-state index contributed by atoms with van der Waals surface area (Å²) in [5.41, 5.74) is 0. The Morgan fingerprint density at radius 3 is 3.21 bits per heavy atom. The first-order valence-corrected chi connectivity index (χ1v) is 6.09. The zero-order chi connectivity index (χ0) is 10.2. The van der Waals surface area contributed by atoms with Crippen molar-refractivity contribution in [2.75, 3.05) is 18.9 Å². The van der Waals surface area contributed by atoms with Gasteiger partial charge in [-0.1, -0.05) is 19.8 Å². The largest absolute Gasteiger partial charge is 0.358 e. The first-order valence-electron chi connectivity index (χ1n) is 5.11. The van der Waals surface area contributed by atoms with E-state index in [-0.39, 0.29) is 6.23 Å². The van der Waals surface area contributed by atoms with E-state index in [1.165, 1.54) is 12.8 Å². The SMILES string of the molecule is CCCCCOC1NCCSC1=C=O. The molecule has 0 aliphatic carbocycles. The number of hydrogen-bond acceptors (Lipinski definition) is 4. The van der Waals surface area contributed by atoms with Gasteiger partial charge in [0.05, 0.1) is 0 Å². The quantitative estimate of drug-likeness (QED) is 0.558. The van der Waals surface area contributed by atoms with Gasteiger partial charge in [-0.2, -0.15) is 0 Å². The minimum Gasteiger partial charge on any atom is -0.358 e. The molecule has 1 fully saturated rings. The lowest BCUT2D eigenvalue weighted by Crippen LogP contribution is -2.38. The summed E-state index contributed by atoms with van der Waals surface area (Å²) in [6, 6.07) is 0. The van der Waals surface area contributed by atoms with E-state index in [0.717, 1.165) is 25.3 Å². The van der Waals surface area contributed by atoms with Gasteiger partial charge >= 0.3 is 0 Å². The van der Waals surface area contributed by atoms with Crippen molar-refractivity contribution in [1.82, 2.24) is 5.32 Å². The summed E-state index contributed by atoms with van der Waals surface area (Å²) in [4.78, 5) is 11.2. The summed E-state index contributed by atoms with van der Waals surface area (Å²) >= 11 is 1.54. The lowest BCUT2D eigenvalue weighted by atomic mass is 10.3. The van der Waals surface area contributed by atoms with Gasteiger partial charge in [0.1, 0.15) is 10.8 Å². The average Bonchev–Trinajstić information content (AvgIpc) is 2.25. The van der Waals surface area contributed by atoms with E-state index in [2.05, 4.69) is 12.2 Å². The second-order valence-corrected chi connectivity index (χ2v) is 4.36. The van der Waals surface area contributed by atoms with Crippen LogP contribution in [0.1, 0.15) is 26.2 Å². The number of unbranched alkanes of at least 4 members (excludes halogenated alkanes) is 2. The third kappa shape index (κ3) is 3.84. The maximum Gasteiger partial charge on any atom is 0.150 e. The fourth-order valence-corrected chi connectivity index (χ4v) is 2.09. The molecule has 0 aromatic heterocycles. The fourth-order valence-electron chi connectivity index (χ4n) is 1.29. The molecule has 0 saturated carbocycles. The molecule has 1 N–H and O–H groups in total. The van der Waals surface area contributed by atoms with E-state index < -0.39 is 0 Å². The minimum atomic E-state index is -0.205. The van der Waals surface area contributed by atoms with Crippen LogP contribution in [-0.2, 0) is 9.53 Å². The van der Waals surface area contributed by atoms with E-state index in [9.17, 15) is 4.79 Å². The number of ether oxygens (including phenoxy) is 1. The number of nitrogens with one attached hydrogen (secondary N) is 1. The molecule has 1 atom stereocenters. The zero-order valence-electron chi connectivity index (χ0n) is 8.54. The van der Waals surface area contributed by atoms with Gasteiger partial charge in [-0.3, -0.25) is 5.32 Å². The molecule has 4 heteroatoms. The Labute approximate surface area is 89.3 Å². The Kier molecular flexibility index (Phi) is 5.96. The van der Waals surface area contributed by atoms with Crippen LogP contribution in [0.25, 0.3) is 0 Å². The molecule has 1 rings (SSSR count). The van der Waals surface area contributed by atoms with Gasteiger partial charge in [0.2, 0.25) is 0 Å². The van der Waals surface area contributed by atoms with Crippen LogP contribution in [0.4, 0.5) is 0 Å². The van der Waals surface area contributed by atoms with Gasteiger partial charge in [-0.15, -0.1) is 11.8 Å². The van der Waals surface area contributed by atoms with Gasteiger partial charge in [-0.25, -0.2) is 4.79 Å². The molecule has 80 valence electrons. The molecule has 1 aliphatic rings. The summed E-state index contributed by atoms with van der Waals surface area (Å²) in [7, 11) is 0. The fraction of sp³-hybridized carbons (Fsp3) is 0.800. The molecule has 14 heavy (non-hydrogen) atoms. The number of carbonyl (C=O) groups excluding carboxylic acids is 1. The van der Waals surface area contributed by atoms with Crippen LogP contribution in [-0.4, -0.2) is 31.1 Å². The summed E-state index contributed by atoms with van der Waals surface area (Å²) in [6.07, 6.45) is 3.22. The third-order valence-electron chi connectivity index (χ3n) is 2.06. The molecule has 0 aromatic rings. The van der Waals surface area contributed by atoms with Gasteiger partial charge in [0.15, 0.2) is 6.23 Å². The molecule has 0 radical (unpaired) electrons. The number of rotatable bonds is 5. The third-order valence-corrected chi connectivity index (χ3v) is 3.08. The van der Waals surface area contributed by atoms with Crippen LogP contribution in [0.3, 0.4) is 0 Å². The van der Waals surface area contributed by atoms with Gasteiger partial charge in [-0.05, 0) is 6.42 Å². The molecule has 3 nitrogen and oxygen atoms in total. The van der Waals surface area contributed by atoms with E-state index in [0.29, 0.717) is 4.91 Å². The lowest BCUT2D eigenvalue weighted by Gasteiger charge is -2.23. The summed E-state index contributed by atoms with van der Waals surface area (Å²) in [6.45, 7) is 3.77. The first-order chi connectivity index (χ1) is 6.88. The Morgan fingerprint density at radius 2 is 2.50 bits per heavy atom. The molecule has 0 spiro atoms. The lowest BCUT2D eigenvalue weighted by molar-refractivity contribution is 0.0581. The normalized spacial score (nSPS) is 22.1. The number of hydrogen-bond donors (Lipinski definition) is 1. The van der Waals surface area contributed by atoms with Crippen molar-refractivity contribution in [1.29, 1.82) is 0 Å². The Balaban J connectivity index is 2.23. The van der Waals surface area contributed by atoms with Crippen LogP contribution in [0.15, 0.2) is 4.91 Å². The van der Waals surface area contributed by atoms with Crippen molar-refractivity contribution < 1.29 is 9.53 Å². The van der Waals surface area contributed by atoms with Crippen molar-refractivity contribution in [2.24, 2.45) is 0 Å². The second kappa shape index (κ2) is 7.07. The summed E-state index contributed by atoms with van der Waals surface area (Å²) < 4.78 is 5.56. The van der Waals surface area contributed by atoms with Crippen molar-refractivity contribution in [3.63, 3.8) is 0 Å². The molecule has 1 unspecified atom stereocenters. The Hall–Kier alpha value is -0.280. The Bertz CT molecular complexity index is 214. The maximum atomic E-state index is 10.6. The Morgan fingerprint density at radius 1 is 1.64 bits per heavy atom. The highest BCUT2D eigenvalue weighted by atomic mass is 32.2. The van der Waals surface area contributed by atoms with Gasteiger partial charge in [0.25, 0.3) is 0 Å². The van der Waals surface area contributed by atoms with E-state index >= 15 is 0 Å². The second-order valence-electron chi connectivity index (χ2n) is 3.23. The van der Waals surface area contributed by atoms with Crippen LogP contribution in [0.2, 0.25) is 0 Å². The molecule has 1 saturated heterocycles. The first kappa shape index (κ1) is 11.8. The standard InChI is InChI=1S/C10H17NO2S/c1-2-3-4-6-13-10-9(8-12)14-7-5-11-10/h10-11H,2-7H2,1H3. The van der Waals surface area contributed by atoms with Crippen molar-refractivity contribution in [3.05, 3.63) is 4.91 Å². The molecular formula is C10H17NO2S. The summed E-state index contributed by atoms with van der Waals surface area (Å²) in [5, 5.41) is 3.15. The molecule has 1 aliphatic heterocycles. The van der Waals surface area contributed by atoms with E-state index in [1.54, 1.807) is 11.8 Å². The topological polar surface area (TPSA) is 38.3 Å². The monoisotopic (exact) mass is 215 g/mol. The van der Waals surface area contributed by atoms with Crippen molar-refractivity contribution in [3.8, 4) is 0 Å². The highest BCUT2D eigenvalue weighted by Gasteiger charge is 2.20. The predicted octanol–water partition coefficient (Wildman–Crippen LogP) is 1.57. The molecule has 1 heterocycles. The molecular weight excluding hydrogens is 198 g/mol. The average molecular weight is 215 g/mol. The van der Waals surface area contributed by atoms with E-state index in [1.807, 2.05) is 5.94 Å². The highest BCUT2D eigenvalue weighted by molar-refractivity contribution is 8.03. The van der Waals surface area contributed by atoms with Crippen LogP contribution < -0.4 is 5.32 Å². The van der Waals surface area contributed by atoms with Gasteiger partial charge in [0, 0.05) is 18.9 Å². The van der Waals surface area contributed by atoms with Gasteiger partial charge < -0.3 is 4.74 Å². The smallest absolute Gasteiger partial charge is 0.150 e. The summed E-state index contributed by atoms with van der Waals surface area (Å²) in [5.74, 6) is 2.87. The van der Waals surface area contributed by atoms with Crippen LogP contribution in [0, 0.1) is 0 Å². The van der Waals surface area contributed by atoms with Crippen molar-refractivity contribution in [2.45, 2.75) is 32.4 Å². The molecule has 0 amide bonds. The maximum absolute atomic E-state index is 10.6. The number of thioether (sulfide) groups is 1. The highest BCUT2D eigenvalue weighted by Crippen LogP contribution is 2.21. The predicted molar refractivity (Wildman–Crippen MR) is 58.9 cm³/mol. The minimum absolute atomic E-state index is 0.205. The van der Waals surface area contributed by atoms with Crippen LogP contribution >= 0.6 is 11.8 Å². The zero-order valence-corrected chi connectivity index (χ0v) is 9.36. The van der Waals surface area contributed by atoms with Crippen LogP contribution in [0.5, 0.6) is 0 Å².